The lowest BCUT2D eigenvalue weighted by Crippen LogP contribution is -2.55. The first kappa shape index (κ1) is 27.5. The van der Waals surface area contributed by atoms with Gasteiger partial charge in [0.25, 0.3) is 0 Å². The molecule has 38 heavy (non-hydrogen) atoms. The van der Waals surface area contributed by atoms with Crippen molar-refractivity contribution in [3.63, 3.8) is 0 Å². The average molecular weight is 545 g/mol. The molecule has 11 heteroatoms. The van der Waals surface area contributed by atoms with E-state index in [1.54, 1.807) is 23.1 Å². The van der Waals surface area contributed by atoms with Crippen LogP contribution in [0.1, 0.15) is 43.7 Å². The summed E-state index contributed by atoms with van der Waals surface area (Å²) in [6.45, 7) is 8.46. The lowest BCUT2D eigenvalue weighted by atomic mass is 10.0. The number of benzene rings is 1. The van der Waals surface area contributed by atoms with Gasteiger partial charge < -0.3 is 24.4 Å². The molecule has 1 N–H and O–H groups in total. The number of hydrogen-bond donors (Lipinski definition) is 1. The van der Waals surface area contributed by atoms with Crippen LogP contribution in [-0.4, -0.2) is 70.4 Å². The van der Waals surface area contributed by atoms with E-state index in [4.69, 9.17) is 21.1 Å². The Bertz CT molecular complexity index is 1390. The van der Waals surface area contributed by atoms with Crippen LogP contribution in [0, 0.1) is 5.82 Å². The Hall–Kier alpha value is -3.50. The Morgan fingerprint density at radius 3 is 2.53 bits per heavy atom. The topological polar surface area (TPSA) is 105 Å². The van der Waals surface area contributed by atoms with Gasteiger partial charge in [0.1, 0.15) is 22.8 Å². The van der Waals surface area contributed by atoms with Gasteiger partial charge in [0, 0.05) is 43.7 Å². The summed E-state index contributed by atoms with van der Waals surface area (Å²) < 4.78 is 25.4. The maximum absolute atomic E-state index is 14.6. The summed E-state index contributed by atoms with van der Waals surface area (Å²) >= 11 is 6.60. The summed E-state index contributed by atoms with van der Waals surface area (Å²) in [4.78, 5) is 37.9. The number of aromatic nitrogens is 2. The van der Waals surface area contributed by atoms with Crippen molar-refractivity contribution in [1.82, 2.24) is 14.9 Å². The fraction of sp³-hybridized carbons (Fsp3) is 0.407. The molecule has 4 rings (SSSR count). The molecule has 1 unspecified atom stereocenters. The van der Waals surface area contributed by atoms with E-state index >= 15 is 0 Å². The van der Waals surface area contributed by atoms with Crippen molar-refractivity contribution in [2.24, 2.45) is 0 Å². The predicted molar refractivity (Wildman–Crippen MR) is 142 cm³/mol. The molecule has 0 bridgehead atoms. The lowest BCUT2D eigenvalue weighted by molar-refractivity contribution is 0.0218. The van der Waals surface area contributed by atoms with Gasteiger partial charge in [-0.1, -0.05) is 23.7 Å². The number of carbonyl (C=O) groups is 2. The van der Waals surface area contributed by atoms with Crippen LogP contribution >= 0.6 is 11.6 Å². The fourth-order valence-corrected chi connectivity index (χ4v) is 4.78. The molecule has 1 aromatic carbocycles. The standard InChI is InChI=1S/C27H30ClFN4O5/c1-15-13-32(26(36)38-27(2,3)4)10-11-33(15)24-17-12-18(28)22(16-8-6-7-9-19(16)29)31-23(17)21(25(34)35)20(30-24)14-37-5/h6-9,12,15H,10-11,13-14H2,1-5H3,(H,34,35). The van der Waals surface area contributed by atoms with Gasteiger partial charge in [0.15, 0.2) is 0 Å². The number of anilines is 1. The molecule has 3 aromatic rings. The van der Waals surface area contributed by atoms with Crippen LogP contribution in [0.2, 0.25) is 5.02 Å². The molecule has 0 radical (unpaired) electrons. The number of carbonyl (C=O) groups excluding carboxylic acids is 1. The van der Waals surface area contributed by atoms with Crippen LogP contribution < -0.4 is 4.90 Å². The maximum atomic E-state index is 14.6. The fourth-order valence-electron chi connectivity index (χ4n) is 4.52. The number of methoxy groups -OCH3 is 1. The van der Waals surface area contributed by atoms with E-state index in [9.17, 15) is 19.1 Å². The van der Waals surface area contributed by atoms with Gasteiger partial charge in [-0.3, -0.25) is 0 Å². The first-order valence-corrected chi connectivity index (χ1v) is 12.5. The van der Waals surface area contributed by atoms with Crippen LogP contribution in [0.25, 0.3) is 22.2 Å². The second-order valence-corrected chi connectivity index (χ2v) is 10.6. The number of pyridine rings is 2. The molecular formula is C27H30ClFN4O5. The summed E-state index contributed by atoms with van der Waals surface area (Å²) in [6.07, 6.45) is -0.401. The van der Waals surface area contributed by atoms with Crippen molar-refractivity contribution in [2.45, 2.75) is 45.9 Å². The van der Waals surface area contributed by atoms with Gasteiger partial charge in [-0.05, 0) is 45.9 Å². The SMILES string of the molecule is COCc1nc(N2CCN(C(=O)OC(C)(C)C)CC2C)c2cc(Cl)c(-c3ccccc3F)nc2c1C(=O)O. The van der Waals surface area contributed by atoms with Gasteiger partial charge >= 0.3 is 12.1 Å². The number of nitrogens with zero attached hydrogens (tertiary/aromatic N) is 4. The van der Waals surface area contributed by atoms with Crippen LogP contribution in [-0.2, 0) is 16.1 Å². The Morgan fingerprint density at radius 1 is 1.21 bits per heavy atom. The minimum absolute atomic E-state index is 0.0732. The molecule has 0 saturated carbocycles. The molecule has 0 aliphatic carbocycles. The number of rotatable bonds is 5. The van der Waals surface area contributed by atoms with Gasteiger partial charge in [0.2, 0.25) is 0 Å². The molecule has 1 saturated heterocycles. The number of ether oxygens (including phenoxy) is 2. The van der Waals surface area contributed by atoms with Crippen molar-refractivity contribution < 1.29 is 28.6 Å². The monoisotopic (exact) mass is 544 g/mol. The highest BCUT2D eigenvalue weighted by atomic mass is 35.5. The first-order valence-electron chi connectivity index (χ1n) is 12.2. The Labute approximate surface area is 225 Å². The zero-order valence-electron chi connectivity index (χ0n) is 21.9. The zero-order valence-corrected chi connectivity index (χ0v) is 22.7. The van der Waals surface area contributed by atoms with Crippen molar-refractivity contribution in [2.75, 3.05) is 31.6 Å². The van der Waals surface area contributed by atoms with Gasteiger partial charge in [-0.15, -0.1) is 0 Å². The molecule has 9 nitrogen and oxygen atoms in total. The van der Waals surface area contributed by atoms with E-state index in [-0.39, 0.29) is 45.7 Å². The number of carboxylic acids is 1. The van der Waals surface area contributed by atoms with Crippen LogP contribution in [0.15, 0.2) is 30.3 Å². The Kier molecular flexibility index (Phi) is 7.75. The number of piperazine rings is 1. The van der Waals surface area contributed by atoms with E-state index in [1.807, 2.05) is 32.6 Å². The number of fused-ring (bicyclic) bond motifs is 1. The van der Waals surface area contributed by atoms with E-state index < -0.39 is 23.5 Å². The van der Waals surface area contributed by atoms with Crippen molar-refractivity contribution >= 4 is 40.4 Å². The van der Waals surface area contributed by atoms with E-state index in [0.717, 1.165) is 0 Å². The van der Waals surface area contributed by atoms with Crippen molar-refractivity contribution in [1.29, 1.82) is 0 Å². The first-order chi connectivity index (χ1) is 17.9. The second kappa shape index (κ2) is 10.7. The van der Waals surface area contributed by atoms with Gasteiger partial charge in [0.05, 0.1) is 28.5 Å². The molecule has 1 aliphatic heterocycles. The zero-order chi connectivity index (χ0) is 27.8. The van der Waals surface area contributed by atoms with Gasteiger partial charge in [-0.2, -0.15) is 0 Å². The number of amides is 1. The molecule has 202 valence electrons. The molecular weight excluding hydrogens is 515 g/mol. The molecule has 2 aromatic heterocycles. The summed E-state index contributed by atoms with van der Waals surface area (Å²) in [5, 5.41) is 10.7. The largest absolute Gasteiger partial charge is 0.478 e. The molecule has 3 heterocycles. The Balaban J connectivity index is 1.85. The highest BCUT2D eigenvalue weighted by molar-refractivity contribution is 6.34. The van der Waals surface area contributed by atoms with Crippen LogP contribution in [0.3, 0.4) is 0 Å². The van der Waals surface area contributed by atoms with Crippen molar-refractivity contribution in [3.05, 3.63) is 52.4 Å². The summed E-state index contributed by atoms with van der Waals surface area (Å²) in [7, 11) is 1.44. The molecule has 1 amide bonds. The minimum atomic E-state index is -1.24. The van der Waals surface area contributed by atoms with Crippen LogP contribution in [0.4, 0.5) is 15.0 Å². The quantitative estimate of drug-likeness (QED) is 0.456. The number of aromatic carboxylic acids is 1. The lowest BCUT2D eigenvalue weighted by Gasteiger charge is -2.41. The molecule has 1 atom stereocenters. The second-order valence-electron chi connectivity index (χ2n) is 10.2. The van der Waals surface area contributed by atoms with E-state index in [2.05, 4.69) is 9.97 Å². The number of hydrogen-bond acceptors (Lipinski definition) is 7. The maximum Gasteiger partial charge on any atom is 0.410 e. The predicted octanol–water partition coefficient (Wildman–Crippen LogP) is 5.38. The Morgan fingerprint density at radius 2 is 1.92 bits per heavy atom. The third-order valence-corrected chi connectivity index (χ3v) is 6.45. The molecule has 1 aliphatic rings. The minimum Gasteiger partial charge on any atom is -0.478 e. The van der Waals surface area contributed by atoms with E-state index in [0.29, 0.717) is 30.8 Å². The summed E-state index contributed by atoms with van der Waals surface area (Å²) in [5.41, 5.74) is -0.169. The normalized spacial score (nSPS) is 16.1. The summed E-state index contributed by atoms with van der Waals surface area (Å²) in [5.74, 6) is -1.31. The smallest absolute Gasteiger partial charge is 0.410 e. The highest BCUT2D eigenvalue weighted by Gasteiger charge is 2.33. The molecule has 1 fully saturated rings. The van der Waals surface area contributed by atoms with Crippen LogP contribution in [0.5, 0.6) is 0 Å². The average Bonchev–Trinajstić information content (AvgIpc) is 2.83. The summed E-state index contributed by atoms with van der Waals surface area (Å²) in [6, 6.07) is 7.40. The third-order valence-electron chi connectivity index (χ3n) is 6.16. The van der Waals surface area contributed by atoms with E-state index in [1.165, 1.54) is 19.2 Å². The number of carboxylic acid groups (broad SMARTS) is 1. The third kappa shape index (κ3) is 5.51. The molecule has 0 spiro atoms. The highest BCUT2D eigenvalue weighted by Crippen LogP contribution is 2.37. The van der Waals surface area contributed by atoms with Gasteiger partial charge in [-0.25, -0.2) is 23.9 Å². The number of halogens is 2. The van der Waals surface area contributed by atoms with Crippen molar-refractivity contribution in [3.8, 4) is 11.3 Å².